The van der Waals surface area contributed by atoms with E-state index in [-0.39, 0.29) is 17.8 Å². The number of halogens is 3. The van der Waals surface area contributed by atoms with Gasteiger partial charge in [0, 0.05) is 12.1 Å². The fourth-order valence-electron chi connectivity index (χ4n) is 4.32. The number of fused-ring (bicyclic) bond motifs is 1. The monoisotopic (exact) mass is 509 g/mol. The lowest BCUT2D eigenvalue weighted by Crippen LogP contribution is -2.21. The molecular weight excluding hydrogens is 487 g/mol. The molecule has 3 N–H and O–H groups in total. The third-order valence-corrected chi connectivity index (χ3v) is 6.18. The van der Waals surface area contributed by atoms with Crippen molar-refractivity contribution in [2.24, 2.45) is 5.92 Å². The van der Waals surface area contributed by atoms with Crippen LogP contribution in [-0.2, 0) is 6.54 Å². The molecule has 0 bridgehead atoms. The molecule has 1 fully saturated rings. The van der Waals surface area contributed by atoms with Gasteiger partial charge in [-0.15, -0.1) is 13.2 Å². The number of imidazole rings is 1. The lowest BCUT2D eigenvalue weighted by molar-refractivity contribution is -0.274. The smallest absolute Gasteiger partial charge is 0.405 e. The number of nitriles is 1. The molecule has 0 aliphatic carbocycles. The molecule has 3 heterocycles. The number of hydrogen-bond donors (Lipinski definition) is 3. The van der Waals surface area contributed by atoms with E-state index in [1.807, 2.05) is 6.07 Å². The number of hydrogen-bond acceptors (Lipinski definition) is 7. The molecule has 0 radical (unpaired) electrons. The first-order chi connectivity index (χ1) is 17.8. The maximum atomic E-state index is 13.1. The van der Waals surface area contributed by atoms with Crippen LogP contribution >= 0.6 is 0 Å². The number of alkyl halides is 3. The Bertz CT molecular complexity index is 1510. The van der Waals surface area contributed by atoms with E-state index in [4.69, 9.17) is 5.26 Å². The maximum absolute atomic E-state index is 13.1. The van der Waals surface area contributed by atoms with Gasteiger partial charge in [0.15, 0.2) is 5.65 Å². The van der Waals surface area contributed by atoms with Crippen molar-refractivity contribution in [1.82, 2.24) is 24.8 Å². The highest BCUT2D eigenvalue weighted by Crippen LogP contribution is 2.31. The van der Waals surface area contributed by atoms with Crippen LogP contribution < -0.4 is 21.1 Å². The minimum atomic E-state index is -4.91. The number of aromatic amines is 1. The van der Waals surface area contributed by atoms with Gasteiger partial charge in [0.25, 0.3) is 0 Å². The molecule has 1 aliphatic rings. The Labute approximate surface area is 208 Å². The highest BCUT2D eigenvalue weighted by Gasteiger charge is 2.32. The van der Waals surface area contributed by atoms with Crippen molar-refractivity contribution in [3.05, 3.63) is 70.3 Å². The van der Waals surface area contributed by atoms with E-state index in [1.165, 1.54) is 29.0 Å². The van der Waals surface area contributed by atoms with Gasteiger partial charge in [0.2, 0.25) is 5.95 Å². The molecule has 0 spiro atoms. The van der Waals surface area contributed by atoms with Crippen molar-refractivity contribution in [2.75, 3.05) is 25.0 Å². The standard InChI is InChI=1S/C25H22F3N7O2/c26-25(27,28)37-21-6-5-18(17-3-1-15(10-29)2-4-17)9-19(21)14-35-22-20(33-24(35)36)13-32-23(34-22)31-12-16-7-8-30-11-16/h1-6,9,13,16,30H,7-8,11-12,14H2,(H,33,36)(H,31,32,34)/t16-/m1/s1. The summed E-state index contributed by atoms with van der Waals surface area (Å²) < 4.78 is 44.9. The molecular formula is C25H22F3N7O2. The van der Waals surface area contributed by atoms with Gasteiger partial charge in [-0.05, 0) is 60.8 Å². The third kappa shape index (κ3) is 5.57. The SMILES string of the molecule is N#Cc1ccc(-c2ccc(OC(F)(F)F)c(Cn3c(=O)[nH]c4cnc(NC[C@@H]5CCNC5)nc43)c2)cc1. The summed E-state index contributed by atoms with van der Waals surface area (Å²) in [6, 6.07) is 12.9. The molecule has 190 valence electrons. The zero-order valence-electron chi connectivity index (χ0n) is 19.5. The Morgan fingerprint density at radius 2 is 1.97 bits per heavy atom. The average Bonchev–Trinajstić information content (AvgIpc) is 3.50. The van der Waals surface area contributed by atoms with Crippen molar-refractivity contribution in [3.63, 3.8) is 0 Å². The molecule has 2 aromatic heterocycles. The van der Waals surface area contributed by atoms with Crippen LogP contribution in [0, 0.1) is 17.2 Å². The maximum Gasteiger partial charge on any atom is 0.573 e. The van der Waals surface area contributed by atoms with Crippen LogP contribution in [0.15, 0.2) is 53.5 Å². The fourth-order valence-corrected chi connectivity index (χ4v) is 4.32. The van der Waals surface area contributed by atoms with Gasteiger partial charge in [-0.3, -0.25) is 4.57 Å². The molecule has 5 rings (SSSR count). The van der Waals surface area contributed by atoms with Crippen LogP contribution in [0.25, 0.3) is 22.3 Å². The highest BCUT2D eigenvalue weighted by molar-refractivity contribution is 5.71. The largest absolute Gasteiger partial charge is 0.573 e. The van der Waals surface area contributed by atoms with Crippen LogP contribution in [0.1, 0.15) is 17.5 Å². The summed E-state index contributed by atoms with van der Waals surface area (Å²) >= 11 is 0. The summed E-state index contributed by atoms with van der Waals surface area (Å²) in [5.74, 6) is 0.331. The normalized spacial score (nSPS) is 15.6. The van der Waals surface area contributed by atoms with Crippen LogP contribution in [0.2, 0.25) is 0 Å². The molecule has 0 saturated carbocycles. The number of benzene rings is 2. The van der Waals surface area contributed by atoms with Crippen molar-refractivity contribution >= 4 is 17.1 Å². The molecule has 12 heteroatoms. The molecule has 0 unspecified atom stereocenters. The highest BCUT2D eigenvalue weighted by atomic mass is 19.4. The third-order valence-electron chi connectivity index (χ3n) is 6.18. The minimum Gasteiger partial charge on any atom is -0.405 e. The fraction of sp³-hybridized carbons (Fsp3) is 0.280. The first kappa shape index (κ1) is 24.3. The first-order valence-corrected chi connectivity index (χ1v) is 11.6. The van der Waals surface area contributed by atoms with Gasteiger partial charge in [0.05, 0.1) is 24.4 Å². The average molecular weight is 509 g/mol. The predicted octanol–water partition coefficient (Wildman–Crippen LogP) is 3.63. The van der Waals surface area contributed by atoms with Gasteiger partial charge in [0.1, 0.15) is 11.3 Å². The summed E-state index contributed by atoms with van der Waals surface area (Å²) in [7, 11) is 0. The molecule has 0 amide bonds. The van der Waals surface area contributed by atoms with Crippen molar-refractivity contribution < 1.29 is 17.9 Å². The van der Waals surface area contributed by atoms with E-state index in [0.717, 1.165) is 19.5 Å². The van der Waals surface area contributed by atoms with Gasteiger partial charge in [-0.25, -0.2) is 9.78 Å². The van der Waals surface area contributed by atoms with Crippen LogP contribution in [0.3, 0.4) is 0 Å². The summed E-state index contributed by atoms with van der Waals surface area (Å²) in [6.07, 6.45) is -2.42. The molecule has 1 aliphatic heterocycles. The van der Waals surface area contributed by atoms with Crippen LogP contribution in [0.5, 0.6) is 5.75 Å². The van der Waals surface area contributed by atoms with Crippen LogP contribution in [0.4, 0.5) is 19.1 Å². The van der Waals surface area contributed by atoms with Gasteiger partial charge in [-0.1, -0.05) is 18.2 Å². The minimum absolute atomic E-state index is 0.132. The number of aromatic nitrogens is 4. The molecule has 37 heavy (non-hydrogen) atoms. The van der Waals surface area contributed by atoms with Gasteiger partial charge < -0.3 is 20.4 Å². The summed E-state index contributed by atoms with van der Waals surface area (Å²) in [6.45, 7) is 2.27. The first-order valence-electron chi connectivity index (χ1n) is 11.6. The summed E-state index contributed by atoms with van der Waals surface area (Å²) in [5.41, 5.74) is 1.97. The molecule has 2 aromatic carbocycles. The van der Waals surface area contributed by atoms with E-state index >= 15 is 0 Å². The number of H-pyrrole nitrogens is 1. The number of nitrogens with one attached hydrogen (secondary N) is 3. The zero-order chi connectivity index (χ0) is 26.0. The van der Waals surface area contributed by atoms with E-state index in [0.29, 0.717) is 40.6 Å². The quantitative estimate of drug-likeness (QED) is 0.348. The molecule has 9 nitrogen and oxygen atoms in total. The second-order valence-electron chi connectivity index (χ2n) is 8.75. The second kappa shape index (κ2) is 9.94. The lowest BCUT2D eigenvalue weighted by atomic mass is 10.0. The topological polar surface area (TPSA) is 121 Å². The van der Waals surface area contributed by atoms with E-state index in [1.54, 1.807) is 24.3 Å². The van der Waals surface area contributed by atoms with Crippen molar-refractivity contribution in [3.8, 4) is 22.9 Å². The van der Waals surface area contributed by atoms with Crippen LogP contribution in [-0.4, -0.2) is 45.5 Å². The number of nitrogens with zero attached hydrogens (tertiary/aromatic N) is 4. The lowest BCUT2D eigenvalue weighted by Gasteiger charge is -2.15. The number of rotatable bonds is 7. The summed E-state index contributed by atoms with van der Waals surface area (Å²) in [4.78, 5) is 24.1. The predicted molar refractivity (Wildman–Crippen MR) is 130 cm³/mol. The Morgan fingerprint density at radius 1 is 1.19 bits per heavy atom. The van der Waals surface area contributed by atoms with E-state index < -0.39 is 17.8 Å². The molecule has 1 atom stereocenters. The Hall–Kier alpha value is -4.37. The molecule has 1 saturated heterocycles. The molecule has 4 aromatic rings. The number of ether oxygens (including phenoxy) is 1. The van der Waals surface area contributed by atoms with Crippen molar-refractivity contribution in [2.45, 2.75) is 19.3 Å². The zero-order valence-corrected chi connectivity index (χ0v) is 19.5. The number of anilines is 1. The Morgan fingerprint density at radius 3 is 2.68 bits per heavy atom. The van der Waals surface area contributed by atoms with E-state index in [2.05, 4.69) is 30.3 Å². The second-order valence-corrected chi connectivity index (χ2v) is 8.75. The Kier molecular flexibility index (Phi) is 6.54. The summed E-state index contributed by atoms with van der Waals surface area (Å²) in [5, 5.41) is 15.5. The van der Waals surface area contributed by atoms with Crippen molar-refractivity contribution in [1.29, 1.82) is 5.26 Å². The Balaban J connectivity index is 1.50. The van der Waals surface area contributed by atoms with Gasteiger partial charge in [-0.2, -0.15) is 10.2 Å². The van der Waals surface area contributed by atoms with E-state index in [9.17, 15) is 18.0 Å². The van der Waals surface area contributed by atoms with Gasteiger partial charge >= 0.3 is 12.1 Å².